The number of benzene rings is 1. The molecule has 1 aliphatic rings. The molecule has 0 saturated carbocycles. The van der Waals surface area contributed by atoms with E-state index in [1.807, 2.05) is 0 Å². The van der Waals surface area contributed by atoms with E-state index < -0.39 is 0 Å². The van der Waals surface area contributed by atoms with Crippen LogP contribution in [0.15, 0.2) is 30.3 Å². The van der Waals surface area contributed by atoms with Gasteiger partial charge in [-0.3, -0.25) is 0 Å². The highest BCUT2D eigenvalue weighted by Crippen LogP contribution is 2.44. The number of hydrogen-bond acceptors (Lipinski definition) is 2. The van der Waals surface area contributed by atoms with E-state index in [0.29, 0.717) is 0 Å². The second-order valence-corrected chi connectivity index (χ2v) is 7.48. The monoisotopic (exact) mass is 288 g/mol. The van der Waals surface area contributed by atoms with E-state index >= 15 is 0 Å². The van der Waals surface area contributed by atoms with Gasteiger partial charge in [-0.15, -0.1) is 0 Å². The molecule has 0 radical (unpaired) electrons. The largest absolute Gasteiger partial charge is 0.468 e. The number of rotatable bonds is 5. The van der Waals surface area contributed by atoms with Gasteiger partial charge in [-0.25, -0.2) is 0 Å². The van der Waals surface area contributed by atoms with Crippen molar-refractivity contribution in [3.8, 4) is 0 Å². The van der Waals surface area contributed by atoms with Crippen LogP contribution in [0.3, 0.4) is 0 Å². The quantitative estimate of drug-likeness (QED) is 0.727. The Morgan fingerprint density at radius 3 is 2.00 bits per heavy atom. The van der Waals surface area contributed by atoms with Gasteiger partial charge in [0, 0.05) is 5.31 Å². The lowest BCUT2D eigenvalue weighted by molar-refractivity contribution is 0.00578. The molecule has 1 fully saturated rings. The van der Waals surface area contributed by atoms with Crippen molar-refractivity contribution in [1.29, 1.82) is 0 Å². The molecule has 0 aliphatic carbocycles. The van der Waals surface area contributed by atoms with Gasteiger partial charge in [-0.2, -0.15) is 0 Å². The van der Waals surface area contributed by atoms with Crippen LogP contribution in [0.2, 0.25) is 0 Å². The van der Waals surface area contributed by atoms with E-state index in [-0.39, 0.29) is 23.6 Å². The molecule has 2 nitrogen and oxygen atoms in total. The van der Waals surface area contributed by atoms with Crippen LogP contribution in [-0.2, 0) is 14.6 Å². The lowest BCUT2D eigenvalue weighted by Gasteiger charge is -2.32. The molecule has 1 atom stereocenters. The first kappa shape index (κ1) is 16.6. The van der Waals surface area contributed by atoms with E-state index in [2.05, 4.69) is 71.9 Å². The van der Waals surface area contributed by atoms with Crippen LogP contribution < -0.4 is 0 Å². The Morgan fingerprint density at radius 2 is 1.52 bits per heavy atom. The van der Waals surface area contributed by atoms with Crippen LogP contribution in [0.1, 0.15) is 66.4 Å². The van der Waals surface area contributed by atoms with Gasteiger partial charge in [0.05, 0.1) is 11.2 Å². The van der Waals surface area contributed by atoms with Crippen molar-refractivity contribution in [3.05, 3.63) is 35.9 Å². The van der Waals surface area contributed by atoms with E-state index in [0.717, 1.165) is 6.42 Å². The highest BCUT2D eigenvalue weighted by atomic mass is 16.7. The molecule has 3 heteroatoms. The van der Waals surface area contributed by atoms with Crippen molar-refractivity contribution in [3.63, 3.8) is 0 Å². The van der Waals surface area contributed by atoms with Gasteiger partial charge in [0.25, 0.3) is 0 Å². The third-order valence-electron chi connectivity index (χ3n) is 5.26. The summed E-state index contributed by atoms with van der Waals surface area (Å²) in [5, 5.41) is -0.109. The Labute approximate surface area is 130 Å². The third-order valence-corrected chi connectivity index (χ3v) is 5.26. The van der Waals surface area contributed by atoms with Gasteiger partial charge in [-0.05, 0) is 39.7 Å². The van der Waals surface area contributed by atoms with Crippen LogP contribution in [0.5, 0.6) is 0 Å². The number of hydrogen-bond donors (Lipinski definition) is 0. The van der Waals surface area contributed by atoms with Gasteiger partial charge in [0.2, 0.25) is 0 Å². The highest BCUT2D eigenvalue weighted by Gasteiger charge is 2.58. The maximum atomic E-state index is 6.36. The molecule has 116 valence electrons. The smallest absolute Gasteiger partial charge is 0.403 e. The van der Waals surface area contributed by atoms with E-state index in [1.165, 1.54) is 18.4 Å². The van der Waals surface area contributed by atoms with Crippen molar-refractivity contribution < 1.29 is 9.31 Å². The summed E-state index contributed by atoms with van der Waals surface area (Å²) >= 11 is 0. The molecule has 1 aromatic carbocycles. The van der Waals surface area contributed by atoms with Gasteiger partial charge >= 0.3 is 7.12 Å². The van der Waals surface area contributed by atoms with Gasteiger partial charge in [0.1, 0.15) is 0 Å². The van der Waals surface area contributed by atoms with Crippen molar-refractivity contribution >= 4 is 7.12 Å². The van der Waals surface area contributed by atoms with Crippen LogP contribution in [0.4, 0.5) is 0 Å². The molecule has 1 heterocycles. The standard InChI is InChI=1S/C18H29BO2/c1-7-8-14-18(6,15-12-10-9-11-13-15)19-20-16(2,3)17(4,5)21-19/h9-13H,7-8,14H2,1-6H3/t18-/m0/s1. The maximum absolute atomic E-state index is 6.36. The van der Waals surface area contributed by atoms with Gasteiger partial charge in [-0.1, -0.05) is 57.0 Å². The van der Waals surface area contributed by atoms with E-state index in [4.69, 9.17) is 9.31 Å². The van der Waals surface area contributed by atoms with Crippen molar-refractivity contribution in [2.75, 3.05) is 0 Å². The van der Waals surface area contributed by atoms with Crippen LogP contribution in [-0.4, -0.2) is 18.3 Å². The van der Waals surface area contributed by atoms with Crippen molar-refractivity contribution in [2.24, 2.45) is 0 Å². The third kappa shape index (κ3) is 3.05. The zero-order valence-electron chi connectivity index (χ0n) is 14.4. The molecule has 0 unspecified atom stereocenters. The summed E-state index contributed by atoms with van der Waals surface area (Å²) in [4.78, 5) is 0. The predicted octanol–water partition coefficient (Wildman–Crippen LogP) is 4.77. The van der Waals surface area contributed by atoms with Crippen LogP contribution in [0, 0.1) is 0 Å². The molecule has 1 saturated heterocycles. The molecule has 0 N–H and O–H groups in total. The first-order chi connectivity index (χ1) is 9.73. The highest BCUT2D eigenvalue weighted by molar-refractivity contribution is 6.49. The minimum atomic E-state index is -0.278. The fraction of sp³-hybridized carbons (Fsp3) is 0.667. The summed E-state index contributed by atoms with van der Waals surface area (Å²) in [5.74, 6) is 0. The molecule has 0 aromatic heterocycles. The Bertz CT molecular complexity index is 453. The van der Waals surface area contributed by atoms with E-state index in [1.54, 1.807) is 0 Å². The second kappa shape index (κ2) is 5.77. The Balaban J connectivity index is 2.34. The average Bonchev–Trinajstić information content (AvgIpc) is 2.66. The summed E-state index contributed by atoms with van der Waals surface area (Å²) < 4.78 is 12.7. The molecule has 0 bridgehead atoms. The average molecular weight is 288 g/mol. The van der Waals surface area contributed by atoms with Crippen molar-refractivity contribution in [2.45, 2.75) is 77.3 Å². The Morgan fingerprint density at radius 1 is 1.00 bits per heavy atom. The summed E-state index contributed by atoms with van der Waals surface area (Å²) in [5.41, 5.74) is 0.747. The lowest BCUT2D eigenvalue weighted by Crippen LogP contribution is -2.43. The van der Waals surface area contributed by atoms with Gasteiger partial charge < -0.3 is 9.31 Å². The van der Waals surface area contributed by atoms with E-state index in [9.17, 15) is 0 Å². The van der Waals surface area contributed by atoms with Crippen LogP contribution in [0.25, 0.3) is 0 Å². The molecule has 21 heavy (non-hydrogen) atoms. The number of unbranched alkanes of at least 4 members (excludes halogenated alkanes) is 1. The molecular weight excluding hydrogens is 259 g/mol. The predicted molar refractivity (Wildman–Crippen MR) is 89.4 cm³/mol. The summed E-state index contributed by atoms with van der Waals surface area (Å²) in [6.07, 6.45) is 3.43. The zero-order chi connectivity index (χ0) is 15.7. The molecule has 0 amide bonds. The van der Waals surface area contributed by atoms with Crippen LogP contribution >= 0.6 is 0 Å². The summed E-state index contributed by atoms with van der Waals surface area (Å²) in [6.45, 7) is 13.0. The lowest BCUT2D eigenvalue weighted by atomic mass is 9.53. The normalized spacial score (nSPS) is 23.0. The summed E-state index contributed by atoms with van der Waals surface area (Å²) in [6, 6.07) is 10.7. The molecule has 0 spiro atoms. The minimum Gasteiger partial charge on any atom is -0.403 e. The topological polar surface area (TPSA) is 18.5 Å². The molecule has 2 rings (SSSR count). The fourth-order valence-electron chi connectivity index (χ4n) is 2.86. The molecule has 1 aliphatic heterocycles. The zero-order valence-corrected chi connectivity index (χ0v) is 14.4. The SMILES string of the molecule is CCCC[C@](C)(B1OC(C)(C)C(C)(C)O1)c1ccccc1. The fourth-order valence-corrected chi connectivity index (χ4v) is 2.86. The molecular formula is C18H29BO2. The second-order valence-electron chi connectivity index (χ2n) is 7.48. The Hall–Kier alpha value is -0.795. The molecule has 1 aromatic rings. The van der Waals surface area contributed by atoms with Gasteiger partial charge in [0.15, 0.2) is 0 Å². The first-order valence-corrected chi connectivity index (χ1v) is 8.14. The Kier molecular flexibility index (Phi) is 4.56. The minimum absolute atomic E-state index is 0.109. The maximum Gasteiger partial charge on any atom is 0.468 e. The summed E-state index contributed by atoms with van der Waals surface area (Å²) in [7, 11) is -0.198. The van der Waals surface area contributed by atoms with Crippen molar-refractivity contribution in [1.82, 2.24) is 0 Å². The first-order valence-electron chi connectivity index (χ1n) is 8.14.